The van der Waals surface area contributed by atoms with Crippen LogP contribution in [0.4, 0.5) is 0 Å². The van der Waals surface area contributed by atoms with E-state index in [0.29, 0.717) is 6.54 Å². The number of hydrogen-bond acceptors (Lipinski definition) is 2. The Balaban J connectivity index is 2.04. The van der Waals surface area contributed by atoms with Crippen LogP contribution in [0.5, 0.6) is 0 Å². The Morgan fingerprint density at radius 3 is 2.89 bits per heavy atom. The highest BCUT2D eigenvalue weighted by Gasteiger charge is 2.04. The molecule has 0 fully saturated rings. The fourth-order valence-corrected chi connectivity index (χ4v) is 2.21. The third-order valence-corrected chi connectivity index (χ3v) is 3.32. The third-order valence-electron chi connectivity index (χ3n) is 3.32. The van der Waals surface area contributed by atoms with Crippen molar-refractivity contribution in [1.82, 2.24) is 14.1 Å². The molecule has 0 unspecified atom stereocenters. The highest BCUT2D eigenvalue weighted by atomic mass is 15.1. The van der Waals surface area contributed by atoms with E-state index in [2.05, 4.69) is 40.0 Å². The van der Waals surface area contributed by atoms with Crippen molar-refractivity contribution in [2.45, 2.75) is 13.1 Å². The third kappa shape index (κ3) is 1.80. The Morgan fingerprint density at radius 2 is 2.17 bits per heavy atom. The lowest BCUT2D eigenvalue weighted by atomic mass is 10.1. The van der Waals surface area contributed by atoms with Gasteiger partial charge in [-0.2, -0.15) is 0 Å². The van der Waals surface area contributed by atoms with E-state index in [4.69, 9.17) is 5.73 Å². The first-order valence-corrected chi connectivity index (χ1v) is 6.01. The van der Waals surface area contributed by atoms with Crippen LogP contribution in [0, 0.1) is 0 Å². The van der Waals surface area contributed by atoms with Crippen LogP contribution in [0.15, 0.2) is 43.0 Å². The van der Waals surface area contributed by atoms with Crippen molar-refractivity contribution in [3.63, 3.8) is 0 Å². The molecule has 0 saturated carbocycles. The molecule has 1 aromatic carbocycles. The number of hydrogen-bond donors (Lipinski definition) is 1. The van der Waals surface area contributed by atoms with Gasteiger partial charge < -0.3 is 14.9 Å². The van der Waals surface area contributed by atoms with E-state index in [1.807, 2.05) is 24.1 Å². The standard InChI is InChI=1S/C14H16N4/c1-17-10-16-8-13(17)9-18-5-4-12-3-2-11(7-15)6-14(12)18/h2-6,8,10H,7,9,15H2,1H3. The second-order valence-corrected chi connectivity index (χ2v) is 4.54. The van der Waals surface area contributed by atoms with E-state index in [1.54, 1.807) is 0 Å². The lowest BCUT2D eigenvalue weighted by molar-refractivity contribution is 0.743. The molecule has 2 heterocycles. The second kappa shape index (κ2) is 4.31. The van der Waals surface area contributed by atoms with E-state index >= 15 is 0 Å². The second-order valence-electron chi connectivity index (χ2n) is 4.54. The number of aryl methyl sites for hydroxylation is 1. The van der Waals surface area contributed by atoms with E-state index in [-0.39, 0.29) is 0 Å². The largest absolute Gasteiger partial charge is 0.341 e. The highest BCUT2D eigenvalue weighted by molar-refractivity contribution is 5.80. The number of benzene rings is 1. The molecule has 3 rings (SSSR count). The Kier molecular flexibility index (Phi) is 2.64. The predicted octanol–water partition coefficient (Wildman–Crippen LogP) is 1.88. The monoisotopic (exact) mass is 240 g/mol. The minimum atomic E-state index is 0.576. The molecule has 0 radical (unpaired) electrons. The molecule has 2 N–H and O–H groups in total. The molecule has 0 aliphatic carbocycles. The van der Waals surface area contributed by atoms with Gasteiger partial charge in [-0.1, -0.05) is 12.1 Å². The minimum absolute atomic E-state index is 0.576. The van der Waals surface area contributed by atoms with Gasteiger partial charge in [0.1, 0.15) is 0 Å². The number of rotatable bonds is 3. The maximum absolute atomic E-state index is 5.70. The van der Waals surface area contributed by atoms with Crippen LogP contribution in [-0.4, -0.2) is 14.1 Å². The van der Waals surface area contributed by atoms with Crippen molar-refractivity contribution in [1.29, 1.82) is 0 Å². The van der Waals surface area contributed by atoms with Crippen LogP contribution in [0.25, 0.3) is 10.9 Å². The zero-order chi connectivity index (χ0) is 12.5. The Labute approximate surface area is 106 Å². The summed E-state index contributed by atoms with van der Waals surface area (Å²) in [6.07, 6.45) is 5.84. The first-order chi connectivity index (χ1) is 8.78. The highest BCUT2D eigenvalue weighted by Crippen LogP contribution is 2.18. The van der Waals surface area contributed by atoms with E-state index in [9.17, 15) is 0 Å². The number of imidazole rings is 1. The molecular formula is C14H16N4. The molecule has 3 aromatic rings. The summed E-state index contributed by atoms with van der Waals surface area (Å²) < 4.78 is 4.27. The molecule has 0 saturated heterocycles. The van der Waals surface area contributed by atoms with Gasteiger partial charge in [0.15, 0.2) is 0 Å². The van der Waals surface area contributed by atoms with Crippen molar-refractivity contribution in [3.05, 3.63) is 54.2 Å². The number of nitrogens with zero attached hydrogens (tertiary/aromatic N) is 3. The van der Waals surface area contributed by atoms with Crippen molar-refractivity contribution in [2.75, 3.05) is 0 Å². The maximum Gasteiger partial charge on any atom is 0.0946 e. The molecule has 18 heavy (non-hydrogen) atoms. The summed E-state index contributed by atoms with van der Waals surface area (Å²) in [6.45, 7) is 1.40. The predicted molar refractivity (Wildman–Crippen MR) is 72.1 cm³/mol. The summed E-state index contributed by atoms with van der Waals surface area (Å²) in [7, 11) is 2.01. The molecule has 0 atom stereocenters. The quantitative estimate of drug-likeness (QED) is 0.760. The zero-order valence-corrected chi connectivity index (χ0v) is 10.4. The van der Waals surface area contributed by atoms with Crippen LogP contribution in [0.3, 0.4) is 0 Å². The molecular weight excluding hydrogens is 224 g/mol. The smallest absolute Gasteiger partial charge is 0.0946 e. The maximum atomic E-state index is 5.70. The molecule has 2 aromatic heterocycles. The van der Waals surface area contributed by atoms with Crippen LogP contribution >= 0.6 is 0 Å². The van der Waals surface area contributed by atoms with Gasteiger partial charge in [-0.15, -0.1) is 0 Å². The fourth-order valence-electron chi connectivity index (χ4n) is 2.21. The lowest BCUT2D eigenvalue weighted by Gasteiger charge is -2.07. The molecule has 92 valence electrons. The van der Waals surface area contributed by atoms with Gasteiger partial charge in [0.2, 0.25) is 0 Å². The Hall–Kier alpha value is -2.07. The first-order valence-electron chi connectivity index (χ1n) is 6.01. The normalized spacial score (nSPS) is 11.2. The number of nitrogens with two attached hydrogens (primary N) is 1. The van der Waals surface area contributed by atoms with Crippen LogP contribution in [0.1, 0.15) is 11.3 Å². The molecule has 0 spiro atoms. The molecule has 0 aliphatic rings. The summed E-state index contributed by atoms with van der Waals surface area (Å²) in [5, 5.41) is 1.24. The number of aromatic nitrogens is 3. The van der Waals surface area contributed by atoms with Gasteiger partial charge in [0.25, 0.3) is 0 Å². The van der Waals surface area contributed by atoms with Gasteiger partial charge in [-0.3, -0.25) is 0 Å². The van der Waals surface area contributed by atoms with E-state index in [0.717, 1.165) is 12.1 Å². The van der Waals surface area contributed by atoms with Crippen molar-refractivity contribution in [2.24, 2.45) is 12.8 Å². The topological polar surface area (TPSA) is 48.8 Å². The van der Waals surface area contributed by atoms with Gasteiger partial charge in [0.05, 0.1) is 18.6 Å². The zero-order valence-electron chi connectivity index (χ0n) is 10.4. The average Bonchev–Trinajstić information content (AvgIpc) is 2.97. The summed E-state index contributed by atoms with van der Waals surface area (Å²) in [4.78, 5) is 4.15. The van der Waals surface area contributed by atoms with E-state index < -0.39 is 0 Å². The molecule has 0 aliphatic heterocycles. The minimum Gasteiger partial charge on any atom is -0.341 e. The summed E-state index contributed by atoms with van der Waals surface area (Å²) >= 11 is 0. The van der Waals surface area contributed by atoms with Crippen LogP contribution in [0.2, 0.25) is 0 Å². The van der Waals surface area contributed by atoms with Gasteiger partial charge in [-0.25, -0.2) is 4.98 Å². The van der Waals surface area contributed by atoms with Crippen molar-refractivity contribution >= 4 is 10.9 Å². The van der Waals surface area contributed by atoms with Crippen molar-refractivity contribution < 1.29 is 0 Å². The Bertz CT molecular complexity index is 678. The van der Waals surface area contributed by atoms with Gasteiger partial charge >= 0.3 is 0 Å². The SMILES string of the molecule is Cn1cncc1Cn1ccc2ccc(CN)cc21. The molecule has 4 heteroatoms. The fraction of sp³-hybridized carbons (Fsp3) is 0.214. The van der Waals surface area contributed by atoms with Crippen LogP contribution < -0.4 is 5.73 Å². The van der Waals surface area contributed by atoms with Crippen LogP contribution in [-0.2, 0) is 20.1 Å². The average molecular weight is 240 g/mol. The first kappa shape index (κ1) is 11.0. The lowest BCUT2D eigenvalue weighted by Crippen LogP contribution is -2.03. The Morgan fingerprint density at radius 1 is 1.28 bits per heavy atom. The molecule has 0 bridgehead atoms. The number of fused-ring (bicyclic) bond motifs is 1. The van der Waals surface area contributed by atoms with Gasteiger partial charge in [-0.05, 0) is 23.1 Å². The van der Waals surface area contributed by atoms with Crippen molar-refractivity contribution in [3.8, 4) is 0 Å². The molecule has 4 nitrogen and oxygen atoms in total. The summed E-state index contributed by atoms with van der Waals surface area (Å²) in [5.74, 6) is 0. The summed E-state index contributed by atoms with van der Waals surface area (Å²) in [6, 6.07) is 8.49. The summed E-state index contributed by atoms with van der Waals surface area (Å²) in [5.41, 5.74) is 9.26. The van der Waals surface area contributed by atoms with E-state index in [1.165, 1.54) is 16.6 Å². The van der Waals surface area contributed by atoms with Gasteiger partial charge in [0, 0.05) is 31.5 Å². The molecule has 0 amide bonds.